The number of morpholine rings is 1. The first kappa shape index (κ1) is 35.7. The largest absolute Gasteiger partial charge is 0.390 e. The van der Waals surface area contributed by atoms with Crippen LogP contribution in [0.4, 0.5) is 0 Å². The smallest absolute Gasteiger partial charge is 0.170 e. The Balaban J connectivity index is 0.997. The fourth-order valence-electron chi connectivity index (χ4n) is 15.1. The van der Waals surface area contributed by atoms with Crippen molar-refractivity contribution in [1.29, 1.82) is 0 Å². The summed E-state index contributed by atoms with van der Waals surface area (Å²) in [7, 11) is 2.22. The molecule has 280 valence electrons. The van der Waals surface area contributed by atoms with Crippen LogP contribution in [0.15, 0.2) is 0 Å². The van der Waals surface area contributed by atoms with E-state index in [9.17, 15) is 10.2 Å². The van der Waals surface area contributed by atoms with Gasteiger partial charge in [-0.3, -0.25) is 4.90 Å². The predicted molar refractivity (Wildman–Crippen MR) is 190 cm³/mol. The van der Waals surface area contributed by atoms with Gasteiger partial charge in [-0.25, -0.2) is 0 Å². The summed E-state index contributed by atoms with van der Waals surface area (Å²) in [5, 5.41) is 23.7. The molecular weight excluding hydrogens is 616 g/mol. The lowest BCUT2D eigenvalue weighted by molar-refractivity contribution is -0.249. The summed E-state index contributed by atoms with van der Waals surface area (Å²) < 4.78 is 26.4. The minimum absolute atomic E-state index is 0.0266. The number of aliphatic hydroxyl groups excluding tert-OH is 1. The van der Waals surface area contributed by atoms with Gasteiger partial charge >= 0.3 is 0 Å². The van der Waals surface area contributed by atoms with Gasteiger partial charge in [0.2, 0.25) is 0 Å². The third-order valence-electron chi connectivity index (χ3n) is 17.2. The third-order valence-corrected chi connectivity index (χ3v) is 17.2. The van der Waals surface area contributed by atoms with E-state index >= 15 is 0 Å². The number of aliphatic hydroxyl groups is 2. The van der Waals surface area contributed by atoms with Gasteiger partial charge in [-0.1, -0.05) is 34.6 Å². The molecule has 0 amide bonds. The molecule has 2 spiro atoms. The quantitative estimate of drug-likeness (QED) is 0.343. The summed E-state index contributed by atoms with van der Waals surface area (Å²) in [5.41, 5.74) is -0.402. The van der Waals surface area contributed by atoms with E-state index < -0.39 is 17.8 Å². The maximum absolute atomic E-state index is 12.6. The molecular formula is C41H70N2O6. The van der Waals surface area contributed by atoms with Crippen LogP contribution in [0.5, 0.6) is 0 Å². The van der Waals surface area contributed by atoms with Crippen molar-refractivity contribution in [3.8, 4) is 0 Å². The molecule has 8 fully saturated rings. The van der Waals surface area contributed by atoms with E-state index in [1.807, 2.05) is 20.8 Å². The summed E-state index contributed by atoms with van der Waals surface area (Å²) in [6.07, 6.45) is 8.20. The molecule has 5 aliphatic carbocycles. The van der Waals surface area contributed by atoms with Gasteiger partial charge in [-0.05, 0) is 130 Å². The van der Waals surface area contributed by atoms with Crippen LogP contribution < -0.4 is 0 Å². The summed E-state index contributed by atoms with van der Waals surface area (Å²) in [6, 6.07) is 0. The number of hydrogen-bond acceptors (Lipinski definition) is 8. The summed E-state index contributed by atoms with van der Waals surface area (Å²) >= 11 is 0. The first-order valence-corrected chi connectivity index (χ1v) is 20.4. The highest BCUT2D eigenvalue weighted by atomic mass is 16.7. The maximum Gasteiger partial charge on any atom is 0.170 e. The molecule has 8 heteroatoms. The molecule has 5 saturated carbocycles. The second-order valence-electron chi connectivity index (χ2n) is 20.4. The van der Waals surface area contributed by atoms with Crippen LogP contribution in [-0.2, 0) is 18.9 Å². The van der Waals surface area contributed by atoms with Crippen LogP contribution in [0.1, 0.15) is 107 Å². The Bertz CT molecular complexity index is 1250. The van der Waals surface area contributed by atoms with Crippen molar-refractivity contribution in [2.24, 2.45) is 56.7 Å². The summed E-state index contributed by atoms with van der Waals surface area (Å²) in [6.45, 7) is 24.9. The van der Waals surface area contributed by atoms with E-state index in [4.69, 9.17) is 18.9 Å². The number of ether oxygens (including phenoxy) is 4. The van der Waals surface area contributed by atoms with Crippen molar-refractivity contribution < 1.29 is 29.2 Å². The van der Waals surface area contributed by atoms with Crippen molar-refractivity contribution >= 4 is 0 Å². The van der Waals surface area contributed by atoms with Gasteiger partial charge in [-0.2, -0.15) is 0 Å². The van der Waals surface area contributed by atoms with Crippen LogP contribution in [0, 0.1) is 56.7 Å². The van der Waals surface area contributed by atoms with Crippen molar-refractivity contribution in [3.63, 3.8) is 0 Å². The van der Waals surface area contributed by atoms with E-state index in [1.54, 1.807) is 0 Å². The molecule has 0 radical (unpaired) electrons. The first-order chi connectivity index (χ1) is 23.0. The second-order valence-corrected chi connectivity index (χ2v) is 20.4. The summed E-state index contributed by atoms with van der Waals surface area (Å²) in [5.74, 6) is 2.66. The molecule has 0 aromatic carbocycles. The molecule has 8 aliphatic rings. The third kappa shape index (κ3) is 5.03. The van der Waals surface area contributed by atoms with E-state index in [0.717, 1.165) is 38.5 Å². The van der Waals surface area contributed by atoms with E-state index in [-0.39, 0.29) is 40.8 Å². The topological polar surface area (TPSA) is 83.9 Å². The van der Waals surface area contributed by atoms with Crippen molar-refractivity contribution in [1.82, 2.24) is 9.80 Å². The number of fused-ring (bicyclic) bond motifs is 4. The van der Waals surface area contributed by atoms with Gasteiger partial charge in [0.1, 0.15) is 6.10 Å². The fourth-order valence-corrected chi connectivity index (χ4v) is 15.1. The second kappa shape index (κ2) is 11.8. The van der Waals surface area contributed by atoms with Gasteiger partial charge in [-0.15, -0.1) is 0 Å². The Morgan fingerprint density at radius 3 is 2.39 bits per heavy atom. The van der Waals surface area contributed by atoms with Gasteiger partial charge in [0.25, 0.3) is 0 Å². The van der Waals surface area contributed by atoms with E-state index in [0.29, 0.717) is 41.1 Å². The molecule has 1 unspecified atom stereocenters. The lowest BCUT2D eigenvalue weighted by atomic mass is 9.41. The first-order valence-electron chi connectivity index (χ1n) is 20.4. The van der Waals surface area contributed by atoms with Gasteiger partial charge in [0.15, 0.2) is 6.29 Å². The van der Waals surface area contributed by atoms with E-state index in [2.05, 4.69) is 51.5 Å². The average Bonchev–Trinajstić information content (AvgIpc) is 3.65. The lowest BCUT2D eigenvalue weighted by Gasteiger charge is -2.64. The van der Waals surface area contributed by atoms with Crippen LogP contribution in [0.3, 0.4) is 0 Å². The molecule has 3 saturated heterocycles. The molecule has 3 heterocycles. The molecule has 8 rings (SSSR count). The van der Waals surface area contributed by atoms with Crippen molar-refractivity contribution in [2.45, 2.75) is 149 Å². The van der Waals surface area contributed by atoms with Crippen molar-refractivity contribution in [2.75, 3.05) is 53.0 Å². The Hall–Kier alpha value is -0.320. The number of likely N-dealkylation sites (tertiary alicyclic amines) is 1. The lowest BCUT2D eigenvalue weighted by Crippen LogP contribution is -2.60. The van der Waals surface area contributed by atoms with Crippen molar-refractivity contribution in [3.05, 3.63) is 0 Å². The molecule has 8 nitrogen and oxygen atoms in total. The molecule has 0 aromatic heterocycles. The van der Waals surface area contributed by atoms with Gasteiger partial charge < -0.3 is 34.1 Å². The highest BCUT2D eigenvalue weighted by Crippen LogP contribution is 2.89. The Kier molecular flexibility index (Phi) is 8.62. The zero-order valence-electron chi connectivity index (χ0n) is 32.4. The standard InChI is InChI=1S/C41H70N2O6/c1-10-46-35(37(5,6)45)27-19-25(2)32-33(48-27)34(44)39(8)29-12-11-28-36(3,4)30(13-14-40(28)24-41(29,40)16-15-38(32,39)7)49-31-23-43(17-18-47-31)22-26-20-42(9)21-26/h25-35,44-45H,10-24H2,1-9H3/t25-,27-,28+,29+,30+,31+,32?,33+,34+,35+,38-,39-,40-,41+/m1/s1. The summed E-state index contributed by atoms with van der Waals surface area (Å²) in [4.78, 5) is 5.00. The van der Waals surface area contributed by atoms with Crippen LogP contribution in [0.2, 0.25) is 0 Å². The number of hydrogen-bond donors (Lipinski definition) is 2. The Morgan fingerprint density at radius 1 is 0.980 bits per heavy atom. The van der Waals surface area contributed by atoms with Crippen LogP contribution in [0.25, 0.3) is 0 Å². The fraction of sp³-hybridized carbons (Fsp3) is 1.00. The predicted octanol–water partition coefficient (Wildman–Crippen LogP) is 5.58. The average molecular weight is 687 g/mol. The zero-order valence-corrected chi connectivity index (χ0v) is 32.4. The monoisotopic (exact) mass is 687 g/mol. The SMILES string of the molecule is CCO[C@@H]([C@H]1C[C@@H](C)C2[C@H](O1)[C@H](O)[C@@]1(C)[C@@H]3CC[C@H]4C(C)(C)[C@@H](O[C@H]5CN(CC6CN(C)C6)CCO5)CC[C@@]45C[C@@]35CC[C@]21C)C(C)(C)O. The van der Waals surface area contributed by atoms with Crippen LogP contribution in [-0.4, -0.2) is 115 Å². The van der Waals surface area contributed by atoms with Crippen LogP contribution >= 0.6 is 0 Å². The zero-order chi connectivity index (χ0) is 34.9. The molecule has 0 aromatic rings. The van der Waals surface area contributed by atoms with E-state index in [1.165, 1.54) is 58.2 Å². The molecule has 14 atom stereocenters. The number of rotatable bonds is 8. The highest BCUT2D eigenvalue weighted by molar-refractivity contribution is 5.33. The minimum atomic E-state index is -1.01. The molecule has 3 aliphatic heterocycles. The molecule has 49 heavy (non-hydrogen) atoms. The maximum atomic E-state index is 12.6. The Morgan fingerprint density at radius 2 is 1.69 bits per heavy atom. The molecule has 0 bridgehead atoms. The highest BCUT2D eigenvalue weighted by Gasteiger charge is 2.84. The minimum Gasteiger partial charge on any atom is -0.390 e. The normalized spacial score (nSPS) is 51.9. The number of nitrogens with zero attached hydrogens (tertiary/aromatic N) is 2. The van der Waals surface area contributed by atoms with Gasteiger partial charge in [0.05, 0.1) is 36.6 Å². The molecule has 2 N–H and O–H groups in total. The Labute approximate surface area is 297 Å². The van der Waals surface area contributed by atoms with Gasteiger partial charge in [0, 0.05) is 44.7 Å².